The van der Waals surface area contributed by atoms with Crippen molar-refractivity contribution in [3.8, 4) is 5.75 Å². The summed E-state index contributed by atoms with van der Waals surface area (Å²) in [7, 11) is 0. The number of carbonyl (C=O) groups excluding carboxylic acids is 2. The largest absolute Gasteiger partial charge is 0.507 e. The first kappa shape index (κ1) is 14.3. The van der Waals surface area contributed by atoms with Gasteiger partial charge in [-0.3, -0.25) is 9.59 Å². The minimum atomic E-state index is -0.487. The molecule has 1 amide bonds. The molecule has 4 nitrogen and oxygen atoms in total. The number of phenols is 1. The van der Waals surface area contributed by atoms with Crippen molar-refractivity contribution in [3.63, 3.8) is 0 Å². The first-order valence-corrected chi connectivity index (χ1v) is 6.72. The van der Waals surface area contributed by atoms with Gasteiger partial charge in [-0.25, -0.2) is 0 Å². The van der Waals surface area contributed by atoms with Crippen molar-refractivity contribution in [2.45, 2.75) is 0 Å². The lowest BCUT2D eigenvalue weighted by Gasteiger charge is -2.06. The van der Waals surface area contributed by atoms with Crippen molar-refractivity contribution in [2.75, 3.05) is 6.54 Å². The van der Waals surface area contributed by atoms with Crippen molar-refractivity contribution >= 4 is 27.6 Å². The number of hydrogen-bond acceptors (Lipinski definition) is 3. The zero-order valence-corrected chi connectivity index (χ0v) is 12.1. The van der Waals surface area contributed by atoms with Crippen LogP contribution in [0.5, 0.6) is 5.75 Å². The number of ketones is 1. The Morgan fingerprint density at radius 3 is 2.45 bits per heavy atom. The number of aromatic hydroxyl groups is 1. The van der Waals surface area contributed by atoms with Gasteiger partial charge < -0.3 is 10.4 Å². The molecule has 0 spiro atoms. The van der Waals surface area contributed by atoms with E-state index in [1.54, 1.807) is 30.3 Å². The molecule has 20 heavy (non-hydrogen) atoms. The van der Waals surface area contributed by atoms with Crippen molar-refractivity contribution in [1.82, 2.24) is 5.32 Å². The first-order valence-electron chi connectivity index (χ1n) is 5.93. The summed E-state index contributed by atoms with van der Waals surface area (Å²) < 4.78 is 0.673. The lowest BCUT2D eigenvalue weighted by atomic mass is 10.1. The van der Waals surface area contributed by atoms with Crippen molar-refractivity contribution in [2.24, 2.45) is 0 Å². The van der Waals surface area contributed by atoms with Crippen molar-refractivity contribution < 1.29 is 14.7 Å². The van der Waals surface area contributed by atoms with Crippen LogP contribution in [0.3, 0.4) is 0 Å². The van der Waals surface area contributed by atoms with Crippen LogP contribution in [0, 0.1) is 0 Å². The Kier molecular flexibility index (Phi) is 4.53. The maximum atomic E-state index is 11.9. The fourth-order valence-electron chi connectivity index (χ4n) is 1.68. The van der Waals surface area contributed by atoms with Crippen LogP contribution in [0.15, 0.2) is 53.0 Å². The predicted octanol–water partition coefficient (Wildman–Crippen LogP) is 2.77. The quantitative estimate of drug-likeness (QED) is 0.845. The first-order chi connectivity index (χ1) is 9.58. The molecule has 0 aliphatic rings. The van der Waals surface area contributed by atoms with Crippen LogP contribution in [0.1, 0.15) is 20.7 Å². The molecule has 0 aliphatic carbocycles. The third kappa shape index (κ3) is 3.45. The normalized spacial score (nSPS) is 10.1. The zero-order chi connectivity index (χ0) is 14.5. The molecule has 0 saturated heterocycles. The van der Waals surface area contributed by atoms with Gasteiger partial charge >= 0.3 is 0 Å². The number of benzene rings is 2. The molecule has 2 rings (SSSR count). The van der Waals surface area contributed by atoms with Crippen LogP contribution in [0.4, 0.5) is 0 Å². The van der Waals surface area contributed by atoms with E-state index in [9.17, 15) is 14.7 Å². The van der Waals surface area contributed by atoms with E-state index in [0.29, 0.717) is 10.0 Å². The molecule has 0 unspecified atom stereocenters. The molecule has 0 aliphatic heterocycles. The number of halogens is 1. The van der Waals surface area contributed by atoms with E-state index >= 15 is 0 Å². The number of rotatable bonds is 4. The van der Waals surface area contributed by atoms with Gasteiger partial charge in [-0.05, 0) is 18.2 Å². The van der Waals surface area contributed by atoms with E-state index < -0.39 is 5.91 Å². The molecule has 102 valence electrons. The SMILES string of the molecule is O=C(CNC(=O)c1ccc(Br)cc1O)c1ccccc1. The highest BCUT2D eigenvalue weighted by molar-refractivity contribution is 9.10. The van der Waals surface area contributed by atoms with Gasteiger partial charge in [0.05, 0.1) is 12.1 Å². The standard InChI is InChI=1S/C15H12BrNO3/c16-11-6-7-12(13(18)8-11)15(20)17-9-14(19)10-4-2-1-3-5-10/h1-8,18H,9H2,(H,17,20). The van der Waals surface area contributed by atoms with Gasteiger partial charge in [0.2, 0.25) is 0 Å². The average Bonchev–Trinajstić information content (AvgIpc) is 2.45. The van der Waals surface area contributed by atoms with E-state index in [1.807, 2.05) is 6.07 Å². The summed E-state index contributed by atoms with van der Waals surface area (Å²) in [6.45, 7) is -0.113. The van der Waals surface area contributed by atoms with Crippen LogP contribution in [-0.2, 0) is 0 Å². The molecule has 2 N–H and O–H groups in total. The Morgan fingerprint density at radius 1 is 1.10 bits per heavy atom. The second kappa shape index (κ2) is 6.34. The number of Topliss-reactive ketones (excluding diaryl/α,β-unsaturated/α-hetero) is 1. The molecule has 0 radical (unpaired) electrons. The summed E-state index contributed by atoms with van der Waals surface area (Å²) in [6, 6.07) is 13.3. The number of nitrogens with one attached hydrogen (secondary N) is 1. The highest BCUT2D eigenvalue weighted by atomic mass is 79.9. The molecule has 2 aromatic rings. The molecule has 0 saturated carbocycles. The fraction of sp³-hybridized carbons (Fsp3) is 0.0667. The Hall–Kier alpha value is -2.14. The van der Waals surface area contributed by atoms with Crippen molar-refractivity contribution in [1.29, 1.82) is 0 Å². The van der Waals surface area contributed by atoms with E-state index in [2.05, 4.69) is 21.2 Å². The number of phenolic OH excluding ortho intramolecular Hbond substituents is 1. The summed E-state index contributed by atoms with van der Waals surface area (Å²) in [4.78, 5) is 23.7. The van der Waals surface area contributed by atoms with Crippen LogP contribution in [0.25, 0.3) is 0 Å². The van der Waals surface area contributed by atoms with Crippen LogP contribution < -0.4 is 5.32 Å². The van der Waals surface area contributed by atoms with Gasteiger partial charge in [0, 0.05) is 10.0 Å². The molecule has 0 fully saturated rings. The number of amides is 1. The van der Waals surface area contributed by atoms with E-state index in [1.165, 1.54) is 12.1 Å². The van der Waals surface area contributed by atoms with Gasteiger partial charge in [-0.15, -0.1) is 0 Å². The molecule has 2 aromatic carbocycles. The van der Waals surface area contributed by atoms with E-state index in [4.69, 9.17) is 0 Å². The smallest absolute Gasteiger partial charge is 0.255 e. The molecular weight excluding hydrogens is 322 g/mol. The summed E-state index contributed by atoms with van der Waals surface area (Å²) in [6.07, 6.45) is 0. The Balaban J connectivity index is 2.00. The summed E-state index contributed by atoms with van der Waals surface area (Å²) >= 11 is 3.19. The van der Waals surface area contributed by atoms with Crippen molar-refractivity contribution in [3.05, 3.63) is 64.1 Å². The molecular formula is C15H12BrNO3. The second-order valence-corrected chi connectivity index (χ2v) is 5.05. The fourth-order valence-corrected chi connectivity index (χ4v) is 2.03. The molecule has 0 atom stereocenters. The monoisotopic (exact) mass is 333 g/mol. The third-order valence-electron chi connectivity index (χ3n) is 2.71. The van der Waals surface area contributed by atoms with Gasteiger partial charge in [-0.2, -0.15) is 0 Å². The molecule has 0 aromatic heterocycles. The maximum absolute atomic E-state index is 11.9. The van der Waals surface area contributed by atoms with Crippen LogP contribution in [0.2, 0.25) is 0 Å². The molecule has 0 heterocycles. The average molecular weight is 334 g/mol. The minimum Gasteiger partial charge on any atom is -0.507 e. The summed E-state index contributed by atoms with van der Waals surface area (Å²) in [5.74, 6) is -0.807. The van der Waals surface area contributed by atoms with Gasteiger partial charge in [-0.1, -0.05) is 46.3 Å². The minimum absolute atomic E-state index is 0.113. The topological polar surface area (TPSA) is 66.4 Å². The Morgan fingerprint density at radius 2 is 1.80 bits per heavy atom. The lowest BCUT2D eigenvalue weighted by Crippen LogP contribution is -2.29. The zero-order valence-electron chi connectivity index (χ0n) is 10.5. The predicted molar refractivity (Wildman–Crippen MR) is 78.9 cm³/mol. The Bertz CT molecular complexity index is 641. The summed E-state index contributed by atoms with van der Waals surface area (Å²) in [5, 5.41) is 12.2. The molecule has 5 heteroatoms. The van der Waals surface area contributed by atoms with Gasteiger partial charge in [0.25, 0.3) is 5.91 Å². The lowest BCUT2D eigenvalue weighted by molar-refractivity contribution is 0.0902. The van der Waals surface area contributed by atoms with Gasteiger partial charge in [0.15, 0.2) is 5.78 Å². The third-order valence-corrected chi connectivity index (χ3v) is 3.20. The van der Waals surface area contributed by atoms with Crippen LogP contribution in [-0.4, -0.2) is 23.3 Å². The summed E-state index contributed by atoms with van der Waals surface area (Å²) in [5.41, 5.74) is 0.668. The van der Waals surface area contributed by atoms with E-state index in [-0.39, 0.29) is 23.6 Å². The maximum Gasteiger partial charge on any atom is 0.255 e. The highest BCUT2D eigenvalue weighted by Crippen LogP contribution is 2.22. The second-order valence-electron chi connectivity index (χ2n) is 4.13. The van der Waals surface area contributed by atoms with E-state index in [0.717, 1.165) is 0 Å². The Labute approximate surface area is 124 Å². The number of hydrogen-bond donors (Lipinski definition) is 2. The van der Waals surface area contributed by atoms with Gasteiger partial charge in [0.1, 0.15) is 5.75 Å². The number of carbonyl (C=O) groups is 2. The molecule has 0 bridgehead atoms. The highest BCUT2D eigenvalue weighted by Gasteiger charge is 2.13. The van der Waals surface area contributed by atoms with Crippen LogP contribution >= 0.6 is 15.9 Å².